The molecule has 0 fully saturated rings. The van der Waals surface area contributed by atoms with E-state index in [0.29, 0.717) is 0 Å². The highest BCUT2D eigenvalue weighted by Gasteiger charge is 2.24. The third kappa shape index (κ3) is 6.70. The fourth-order valence-corrected chi connectivity index (χ4v) is 1.54. The largest absolute Gasteiger partial charge is 0.507 e. The predicted octanol–water partition coefficient (Wildman–Crippen LogP) is 0.755. The number of carbonyl (C=O) groups excluding carboxylic acids is 1. The Morgan fingerprint density at radius 1 is 1.33 bits per heavy atom. The summed E-state index contributed by atoms with van der Waals surface area (Å²) in [5, 5.41) is 10.0. The van der Waals surface area contributed by atoms with Crippen LogP contribution in [0, 0.1) is 0 Å². The van der Waals surface area contributed by atoms with Crippen LogP contribution in [0.4, 0.5) is 0 Å². The fourth-order valence-electron chi connectivity index (χ4n) is 1.54. The second kappa shape index (κ2) is 7.53. The molecule has 0 saturated carbocycles. The molecule has 0 aliphatic heterocycles. The van der Waals surface area contributed by atoms with Crippen molar-refractivity contribution in [3.8, 4) is 5.75 Å². The molecule has 1 rings (SSSR count). The average molecular weight is 320 g/mol. The van der Waals surface area contributed by atoms with E-state index < -0.39 is 13.7 Å². The average Bonchev–Trinajstić information content (AvgIpc) is 2.36. The van der Waals surface area contributed by atoms with Crippen LogP contribution >= 0.6 is 7.82 Å². The molecular weight excluding hydrogens is 299 g/mol. The zero-order chi connectivity index (χ0) is 16.8. The van der Waals surface area contributed by atoms with Gasteiger partial charge in [0.15, 0.2) is 0 Å². The number of hydrogen-bond acceptors (Lipinski definition) is 4. The van der Waals surface area contributed by atoms with Gasteiger partial charge in [-0.3, -0.25) is 10.2 Å². The lowest BCUT2D eigenvalue weighted by Gasteiger charge is -2.25. The molecule has 1 aromatic carbocycles. The van der Waals surface area contributed by atoms with Crippen LogP contribution < -0.4 is 11.3 Å². The summed E-state index contributed by atoms with van der Waals surface area (Å²) in [6.07, 6.45) is 0.869. The smallest absolute Gasteiger partial charge is 0.466 e. The van der Waals surface area contributed by atoms with Crippen LogP contribution in [-0.2, 0) is 9.98 Å². The SMILES string of the molecule is CCC(C)(C)c1cccc(C(=O)NN)c1O.O=P(O)(O)O. The van der Waals surface area contributed by atoms with Gasteiger partial charge in [0.05, 0.1) is 5.56 Å². The number of aromatic hydroxyl groups is 1. The summed E-state index contributed by atoms with van der Waals surface area (Å²) in [4.78, 5) is 33.0. The van der Waals surface area contributed by atoms with Crippen LogP contribution in [0.2, 0.25) is 0 Å². The maximum Gasteiger partial charge on any atom is 0.466 e. The first-order valence-electron chi connectivity index (χ1n) is 6.05. The maximum absolute atomic E-state index is 11.4. The van der Waals surface area contributed by atoms with Crippen molar-refractivity contribution in [3.63, 3.8) is 0 Å². The molecule has 9 heteroatoms. The Hall–Kier alpha value is -1.44. The zero-order valence-corrected chi connectivity index (χ0v) is 13.0. The second-order valence-electron chi connectivity index (χ2n) is 4.93. The quantitative estimate of drug-likeness (QED) is 0.208. The van der Waals surface area contributed by atoms with Crippen LogP contribution in [0.25, 0.3) is 0 Å². The first-order valence-corrected chi connectivity index (χ1v) is 7.62. The molecular formula is C12H21N2O6P. The number of rotatable bonds is 3. The Kier molecular flexibility index (Phi) is 7.02. The van der Waals surface area contributed by atoms with Gasteiger partial charge < -0.3 is 19.8 Å². The zero-order valence-electron chi connectivity index (χ0n) is 12.1. The standard InChI is InChI=1S/C12H18N2O2.H3O4P/c1-4-12(2,3)9-7-5-6-8(10(9)15)11(16)14-13;1-5(2,3)4/h5-7,15H,4,13H2,1-3H3,(H,14,16);(H3,1,2,3,4). The van der Waals surface area contributed by atoms with E-state index in [4.69, 9.17) is 25.1 Å². The summed E-state index contributed by atoms with van der Waals surface area (Å²) in [6.45, 7) is 6.08. The van der Waals surface area contributed by atoms with Gasteiger partial charge in [-0.1, -0.05) is 32.9 Å². The molecule has 0 unspecified atom stereocenters. The number of hydrogen-bond donors (Lipinski definition) is 6. The summed E-state index contributed by atoms with van der Waals surface area (Å²) in [7, 11) is -4.64. The lowest BCUT2D eigenvalue weighted by atomic mass is 9.81. The Labute approximate surface area is 122 Å². The highest BCUT2D eigenvalue weighted by atomic mass is 31.2. The molecule has 0 atom stereocenters. The van der Waals surface area contributed by atoms with Crippen molar-refractivity contribution < 1.29 is 29.1 Å². The molecule has 0 aliphatic carbocycles. The number of phenolic OH excluding ortho intramolecular Hbond substituents is 1. The van der Waals surface area contributed by atoms with Gasteiger partial charge in [0, 0.05) is 5.56 Å². The summed E-state index contributed by atoms with van der Waals surface area (Å²) in [5.41, 5.74) is 2.82. The van der Waals surface area contributed by atoms with Crippen LogP contribution in [-0.4, -0.2) is 25.7 Å². The molecule has 1 amide bonds. The Morgan fingerprint density at radius 2 is 1.81 bits per heavy atom. The molecule has 120 valence electrons. The number of nitrogens with two attached hydrogens (primary N) is 1. The van der Waals surface area contributed by atoms with E-state index in [1.165, 1.54) is 0 Å². The molecule has 0 bridgehead atoms. The Bertz CT molecular complexity index is 532. The van der Waals surface area contributed by atoms with Crippen molar-refractivity contribution in [2.75, 3.05) is 0 Å². The molecule has 0 heterocycles. The van der Waals surface area contributed by atoms with Crippen LogP contribution in [0.3, 0.4) is 0 Å². The third-order valence-corrected chi connectivity index (χ3v) is 3.02. The van der Waals surface area contributed by atoms with E-state index in [2.05, 4.69) is 0 Å². The van der Waals surface area contributed by atoms with Gasteiger partial charge in [0.1, 0.15) is 5.75 Å². The molecule has 7 N–H and O–H groups in total. The molecule has 0 aliphatic rings. The minimum Gasteiger partial charge on any atom is -0.507 e. The lowest BCUT2D eigenvalue weighted by Crippen LogP contribution is -2.30. The van der Waals surface area contributed by atoms with Crippen molar-refractivity contribution in [1.29, 1.82) is 0 Å². The number of phosphoric acid groups is 1. The number of nitrogens with one attached hydrogen (secondary N) is 1. The first-order chi connectivity index (χ1) is 9.44. The molecule has 8 nitrogen and oxygen atoms in total. The number of benzene rings is 1. The van der Waals surface area contributed by atoms with Crippen LogP contribution in [0.1, 0.15) is 43.1 Å². The van der Waals surface area contributed by atoms with Gasteiger partial charge in [-0.2, -0.15) is 0 Å². The highest BCUT2D eigenvalue weighted by molar-refractivity contribution is 7.45. The summed E-state index contributed by atoms with van der Waals surface area (Å²) < 4.78 is 8.88. The first kappa shape index (κ1) is 19.6. The Morgan fingerprint density at radius 3 is 2.19 bits per heavy atom. The molecule has 0 saturated heterocycles. The molecule has 0 radical (unpaired) electrons. The number of para-hydroxylation sites is 1. The van der Waals surface area contributed by atoms with E-state index in [-0.39, 0.29) is 16.7 Å². The van der Waals surface area contributed by atoms with Gasteiger partial charge in [-0.05, 0) is 17.9 Å². The van der Waals surface area contributed by atoms with Gasteiger partial charge in [-0.15, -0.1) is 0 Å². The number of phenols is 1. The molecule has 0 aromatic heterocycles. The van der Waals surface area contributed by atoms with E-state index in [0.717, 1.165) is 12.0 Å². The summed E-state index contributed by atoms with van der Waals surface area (Å²) in [5.74, 6) is 4.59. The third-order valence-electron chi connectivity index (χ3n) is 3.02. The van der Waals surface area contributed by atoms with Crippen molar-refractivity contribution in [3.05, 3.63) is 29.3 Å². The van der Waals surface area contributed by atoms with E-state index in [1.807, 2.05) is 32.3 Å². The number of amides is 1. The monoisotopic (exact) mass is 320 g/mol. The topological polar surface area (TPSA) is 153 Å². The van der Waals surface area contributed by atoms with Gasteiger partial charge in [0.25, 0.3) is 5.91 Å². The summed E-state index contributed by atoms with van der Waals surface area (Å²) in [6, 6.07) is 5.12. The molecule has 0 spiro atoms. The minimum atomic E-state index is -4.64. The van der Waals surface area contributed by atoms with Gasteiger partial charge in [0.2, 0.25) is 0 Å². The van der Waals surface area contributed by atoms with Crippen molar-refractivity contribution >= 4 is 13.7 Å². The van der Waals surface area contributed by atoms with Crippen molar-refractivity contribution in [2.45, 2.75) is 32.6 Å². The predicted molar refractivity (Wildman–Crippen MR) is 77.3 cm³/mol. The Balaban J connectivity index is 0.000000690. The normalized spacial score (nSPS) is 11.4. The van der Waals surface area contributed by atoms with E-state index >= 15 is 0 Å². The number of carbonyl (C=O) groups is 1. The second-order valence-corrected chi connectivity index (χ2v) is 5.95. The lowest BCUT2D eigenvalue weighted by molar-refractivity contribution is 0.0950. The minimum absolute atomic E-state index is 0.0114. The maximum atomic E-state index is 11.4. The van der Waals surface area contributed by atoms with Crippen molar-refractivity contribution in [1.82, 2.24) is 5.43 Å². The van der Waals surface area contributed by atoms with E-state index in [1.54, 1.807) is 12.1 Å². The molecule has 21 heavy (non-hydrogen) atoms. The highest BCUT2D eigenvalue weighted by Crippen LogP contribution is 2.35. The number of hydrazine groups is 1. The fraction of sp³-hybridized carbons (Fsp3) is 0.417. The molecule has 1 aromatic rings. The van der Waals surface area contributed by atoms with Gasteiger partial charge in [-0.25, -0.2) is 10.4 Å². The van der Waals surface area contributed by atoms with Crippen LogP contribution in [0.5, 0.6) is 5.75 Å². The van der Waals surface area contributed by atoms with Crippen LogP contribution in [0.15, 0.2) is 18.2 Å². The number of nitrogen functional groups attached to an aromatic ring is 1. The summed E-state index contributed by atoms with van der Waals surface area (Å²) >= 11 is 0. The van der Waals surface area contributed by atoms with Crippen molar-refractivity contribution in [2.24, 2.45) is 5.84 Å². The van der Waals surface area contributed by atoms with Gasteiger partial charge >= 0.3 is 7.82 Å². The van der Waals surface area contributed by atoms with E-state index in [9.17, 15) is 9.90 Å².